The van der Waals surface area contributed by atoms with E-state index in [-0.39, 0.29) is 10.7 Å². The maximum atomic E-state index is 13.2. The van der Waals surface area contributed by atoms with Crippen molar-refractivity contribution in [3.8, 4) is 5.75 Å². The Labute approximate surface area is 187 Å². The molecule has 0 unspecified atom stereocenters. The average molecular weight is 436 g/mol. The van der Waals surface area contributed by atoms with Gasteiger partial charge in [0.2, 0.25) is 0 Å². The lowest BCUT2D eigenvalue weighted by Gasteiger charge is -2.29. The molecule has 7 heteroatoms. The summed E-state index contributed by atoms with van der Waals surface area (Å²) in [6.07, 6.45) is 4.82. The van der Waals surface area contributed by atoms with Crippen LogP contribution in [0.4, 0.5) is 11.4 Å². The highest BCUT2D eigenvalue weighted by Gasteiger charge is 2.34. The smallest absolute Gasteiger partial charge is 0.270 e. The van der Waals surface area contributed by atoms with Crippen LogP contribution in [0.15, 0.2) is 48.0 Å². The van der Waals surface area contributed by atoms with Gasteiger partial charge in [-0.1, -0.05) is 19.1 Å². The Hall–Kier alpha value is -3.19. The van der Waals surface area contributed by atoms with Crippen LogP contribution in [-0.4, -0.2) is 37.1 Å². The molecule has 0 atom stereocenters. The van der Waals surface area contributed by atoms with Crippen LogP contribution < -0.4 is 19.9 Å². The van der Waals surface area contributed by atoms with Crippen LogP contribution in [0.1, 0.15) is 30.9 Å². The zero-order valence-corrected chi connectivity index (χ0v) is 18.5. The molecule has 6 nitrogen and oxygen atoms in total. The number of methoxy groups -OCH3 is 1. The number of nitrogens with zero attached hydrogens (tertiary/aromatic N) is 2. The Morgan fingerprint density at radius 1 is 1.06 bits per heavy atom. The lowest BCUT2D eigenvalue weighted by atomic mass is 10.0. The highest BCUT2D eigenvalue weighted by molar-refractivity contribution is 7.80. The third-order valence-electron chi connectivity index (χ3n) is 5.69. The highest BCUT2D eigenvalue weighted by Crippen LogP contribution is 2.30. The van der Waals surface area contributed by atoms with Crippen molar-refractivity contribution in [1.82, 2.24) is 5.32 Å². The highest BCUT2D eigenvalue weighted by atomic mass is 32.1. The van der Waals surface area contributed by atoms with Crippen molar-refractivity contribution in [2.75, 3.05) is 30.0 Å². The van der Waals surface area contributed by atoms with Gasteiger partial charge in [0, 0.05) is 30.4 Å². The number of amides is 2. The fourth-order valence-electron chi connectivity index (χ4n) is 3.92. The van der Waals surface area contributed by atoms with Crippen molar-refractivity contribution in [3.63, 3.8) is 0 Å². The van der Waals surface area contributed by atoms with Crippen molar-refractivity contribution < 1.29 is 14.3 Å². The Morgan fingerprint density at radius 2 is 1.74 bits per heavy atom. The molecular weight excluding hydrogens is 410 g/mol. The topological polar surface area (TPSA) is 61.9 Å². The molecule has 1 N–H and O–H groups in total. The summed E-state index contributed by atoms with van der Waals surface area (Å²) in [5, 5.41) is 2.71. The molecular formula is C24H25N3O3S. The Bertz CT molecular complexity index is 1060. The van der Waals surface area contributed by atoms with E-state index in [9.17, 15) is 9.59 Å². The number of aryl methyl sites for hydroxylation is 1. The molecule has 31 heavy (non-hydrogen) atoms. The molecule has 0 spiro atoms. The predicted octanol–water partition coefficient (Wildman–Crippen LogP) is 3.69. The van der Waals surface area contributed by atoms with Gasteiger partial charge >= 0.3 is 0 Å². The molecule has 2 aromatic carbocycles. The Kier molecular flexibility index (Phi) is 6.04. The fourth-order valence-corrected chi connectivity index (χ4v) is 4.20. The fraction of sp³-hybridized carbons (Fsp3) is 0.292. The zero-order chi connectivity index (χ0) is 22.0. The van der Waals surface area contributed by atoms with Gasteiger partial charge in [-0.15, -0.1) is 0 Å². The molecule has 160 valence electrons. The molecule has 2 amide bonds. The molecule has 2 fully saturated rings. The van der Waals surface area contributed by atoms with E-state index in [2.05, 4.69) is 17.1 Å². The van der Waals surface area contributed by atoms with E-state index in [0.717, 1.165) is 30.8 Å². The first-order valence-electron chi connectivity index (χ1n) is 10.4. The summed E-state index contributed by atoms with van der Waals surface area (Å²) < 4.78 is 5.56. The molecule has 0 radical (unpaired) electrons. The summed E-state index contributed by atoms with van der Waals surface area (Å²) in [5.74, 6) is -0.352. The number of hydrogen-bond acceptors (Lipinski definition) is 5. The molecule has 2 heterocycles. The summed E-state index contributed by atoms with van der Waals surface area (Å²) in [5.41, 5.74) is 3.53. The van der Waals surface area contributed by atoms with E-state index < -0.39 is 11.8 Å². The van der Waals surface area contributed by atoms with Gasteiger partial charge in [-0.25, -0.2) is 0 Å². The molecule has 2 aliphatic rings. The number of benzene rings is 2. The van der Waals surface area contributed by atoms with E-state index in [1.807, 2.05) is 42.5 Å². The SMILES string of the molecule is CCc1ccc(N2C(=O)/C(=C/c3ccc(N4CCCC4)cc3OC)C(=O)NC2=S)cc1. The quantitative estimate of drug-likeness (QED) is 0.441. The van der Waals surface area contributed by atoms with E-state index in [0.29, 0.717) is 17.0 Å². The number of rotatable bonds is 5. The first-order valence-corrected chi connectivity index (χ1v) is 10.9. The lowest BCUT2D eigenvalue weighted by Crippen LogP contribution is -2.54. The van der Waals surface area contributed by atoms with Gasteiger partial charge in [-0.2, -0.15) is 0 Å². The van der Waals surface area contributed by atoms with E-state index in [1.165, 1.54) is 17.7 Å². The van der Waals surface area contributed by atoms with Crippen LogP contribution >= 0.6 is 12.2 Å². The summed E-state index contributed by atoms with van der Waals surface area (Å²) in [7, 11) is 1.59. The minimum Gasteiger partial charge on any atom is -0.496 e. The summed E-state index contributed by atoms with van der Waals surface area (Å²) >= 11 is 5.28. The number of carbonyl (C=O) groups is 2. The van der Waals surface area contributed by atoms with Crippen molar-refractivity contribution >= 4 is 46.6 Å². The van der Waals surface area contributed by atoms with Gasteiger partial charge in [-0.3, -0.25) is 19.8 Å². The van der Waals surface area contributed by atoms with Gasteiger partial charge in [0.15, 0.2) is 5.11 Å². The van der Waals surface area contributed by atoms with Crippen LogP contribution in [0.3, 0.4) is 0 Å². The summed E-state index contributed by atoms with van der Waals surface area (Å²) in [6, 6.07) is 13.4. The molecule has 2 aromatic rings. The van der Waals surface area contributed by atoms with Crippen LogP contribution in [0.2, 0.25) is 0 Å². The zero-order valence-electron chi connectivity index (χ0n) is 17.7. The number of carbonyl (C=O) groups excluding carboxylic acids is 2. The number of anilines is 2. The largest absolute Gasteiger partial charge is 0.496 e. The minimum absolute atomic E-state index is 0.0143. The van der Waals surface area contributed by atoms with Crippen LogP contribution in [0, 0.1) is 0 Å². The normalized spacial score (nSPS) is 18.0. The van der Waals surface area contributed by atoms with Crippen LogP contribution in [0.5, 0.6) is 5.75 Å². The Balaban J connectivity index is 1.67. The van der Waals surface area contributed by atoms with Gasteiger partial charge in [0.25, 0.3) is 11.8 Å². The maximum Gasteiger partial charge on any atom is 0.270 e. The maximum absolute atomic E-state index is 13.2. The second-order valence-corrected chi connectivity index (χ2v) is 7.98. The Morgan fingerprint density at radius 3 is 2.39 bits per heavy atom. The van der Waals surface area contributed by atoms with Gasteiger partial charge in [0.05, 0.1) is 12.8 Å². The first kappa shape index (κ1) is 21.1. The third kappa shape index (κ3) is 4.18. The standard InChI is InChI=1S/C24H25N3O3S/c1-3-16-6-9-18(10-7-16)27-23(29)20(22(28)25-24(27)31)14-17-8-11-19(15-21(17)30-2)26-12-4-5-13-26/h6-11,14-15H,3-5,12-13H2,1-2H3,(H,25,28,31)/b20-14+. The number of ether oxygens (including phenoxy) is 1. The van der Waals surface area contributed by atoms with Crippen LogP contribution in [-0.2, 0) is 16.0 Å². The van der Waals surface area contributed by atoms with E-state index >= 15 is 0 Å². The molecule has 4 rings (SSSR count). The third-order valence-corrected chi connectivity index (χ3v) is 5.98. The summed E-state index contributed by atoms with van der Waals surface area (Å²) in [4.78, 5) is 29.5. The van der Waals surface area contributed by atoms with Gasteiger partial charge in [0.1, 0.15) is 11.3 Å². The first-order chi connectivity index (χ1) is 15.0. The number of hydrogen-bond donors (Lipinski definition) is 1. The number of thiocarbonyl (C=S) groups is 1. The second kappa shape index (κ2) is 8.89. The van der Waals surface area contributed by atoms with Crippen molar-refractivity contribution in [3.05, 3.63) is 59.2 Å². The lowest BCUT2D eigenvalue weighted by molar-refractivity contribution is -0.122. The van der Waals surface area contributed by atoms with E-state index in [1.54, 1.807) is 13.2 Å². The minimum atomic E-state index is -0.512. The average Bonchev–Trinajstić information content (AvgIpc) is 3.32. The van der Waals surface area contributed by atoms with Gasteiger partial charge in [-0.05, 0) is 67.4 Å². The van der Waals surface area contributed by atoms with Crippen molar-refractivity contribution in [2.24, 2.45) is 0 Å². The molecule has 0 aromatic heterocycles. The second-order valence-electron chi connectivity index (χ2n) is 7.60. The van der Waals surface area contributed by atoms with Crippen LogP contribution in [0.25, 0.3) is 6.08 Å². The van der Waals surface area contributed by atoms with Gasteiger partial charge < -0.3 is 9.64 Å². The summed E-state index contributed by atoms with van der Waals surface area (Å²) in [6.45, 7) is 4.11. The molecule has 0 aliphatic carbocycles. The predicted molar refractivity (Wildman–Crippen MR) is 126 cm³/mol. The van der Waals surface area contributed by atoms with E-state index in [4.69, 9.17) is 17.0 Å². The molecule has 0 bridgehead atoms. The number of nitrogens with one attached hydrogen (secondary N) is 1. The molecule has 2 aliphatic heterocycles. The molecule has 2 saturated heterocycles. The molecule has 0 saturated carbocycles. The van der Waals surface area contributed by atoms with Crippen molar-refractivity contribution in [2.45, 2.75) is 26.2 Å². The van der Waals surface area contributed by atoms with Crippen molar-refractivity contribution in [1.29, 1.82) is 0 Å². The monoisotopic (exact) mass is 435 g/mol.